The largest absolute Gasteiger partial charge is 0.343 e. The van der Waals surface area contributed by atoms with Crippen LogP contribution in [0.2, 0.25) is 0 Å². The molecule has 0 N–H and O–H groups in total. The maximum Gasteiger partial charge on any atom is 0.219 e. The van der Waals surface area contributed by atoms with Gasteiger partial charge in [0.15, 0.2) is 0 Å². The van der Waals surface area contributed by atoms with Gasteiger partial charge in [-0.3, -0.25) is 4.79 Å². The maximum atomic E-state index is 11.3. The quantitative estimate of drug-likeness (QED) is 0.718. The second-order valence-corrected chi connectivity index (χ2v) is 5.44. The average molecular weight is 254 g/mol. The van der Waals surface area contributed by atoms with Crippen LogP contribution in [0.1, 0.15) is 53.4 Å². The van der Waals surface area contributed by atoms with Crippen LogP contribution in [0.25, 0.3) is 0 Å². The van der Waals surface area contributed by atoms with E-state index in [9.17, 15) is 4.79 Å². The van der Waals surface area contributed by atoms with Gasteiger partial charge in [-0.2, -0.15) is 0 Å². The lowest BCUT2D eigenvalue weighted by molar-refractivity contribution is -0.131. The Hall–Kier alpha value is -0.570. The van der Waals surface area contributed by atoms with Crippen LogP contribution in [0.5, 0.6) is 0 Å². The van der Waals surface area contributed by atoms with Gasteiger partial charge in [-0.05, 0) is 50.7 Å². The van der Waals surface area contributed by atoms with Gasteiger partial charge in [0.05, 0.1) is 0 Å². The molecule has 0 atom stereocenters. The molecule has 0 saturated carbocycles. The average Bonchev–Trinajstić information content (AvgIpc) is 2.42. The highest BCUT2D eigenvalue weighted by Gasteiger charge is 2.37. The van der Waals surface area contributed by atoms with E-state index < -0.39 is 0 Å². The number of hydrogen-bond acceptors (Lipinski definition) is 2. The van der Waals surface area contributed by atoms with Crippen LogP contribution in [0.3, 0.4) is 0 Å². The monoisotopic (exact) mass is 254 g/mol. The van der Waals surface area contributed by atoms with E-state index in [1.165, 1.54) is 45.3 Å². The van der Waals surface area contributed by atoms with Crippen LogP contribution in [0.4, 0.5) is 0 Å². The zero-order chi connectivity index (χ0) is 13.6. The lowest BCUT2D eigenvalue weighted by atomic mass is 9.71. The molecule has 0 aliphatic carbocycles. The summed E-state index contributed by atoms with van der Waals surface area (Å²) in [6.45, 7) is 13.6. The Labute approximate surface area is 113 Å². The van der Waals surface area contributed by atoms with E-state index in [0.29, 0.717) is 5.41 Å². The lowest BCUT2D eigenvalue weighted by Gasteiger charge is -2.46. The van der Waals surface area contributed by atoms with Gasteiger partial charge in [-0.25, -0.2) is 0 Å². The SMILES string of the molecule is CC.CCN1CCC2(CC1)CCN(C(C)=O)CC2. The molecular formula is C15H30N2O. The molecule has 0 radical (unpaired) electrons. The molecule has 2 aliphatic rings. The number of likely N-dealkylation sites (tertiary alicyclic amines) is 2. The molecule has 2 fully saturated rings. The number of rotatable bonds is 1. The zero-order valence-electron chi connectivity index (χ0n) is 12.7. The van der Waals surface area contributed by atoms with E-state index in [0.717, 1.165) is 13.1 Å². The highest BCUT2D eigenvalue weighted by Crippen LogP contribution is 2.41. The van der Waals surface area contributed by atoms with E-state index in [2.05, 4.69) is 11.8 Å². The normalized spacial score (nSPS) is 23.4. The Morgan fingerprint density at radius 1 is 1.00 bits per heavy atom. The van der Waals surface area contributed by atoms with Crippen LogP contribution in [0.15, 0.2) is 0 Å². The van der Waals surface area contributed by atoms with E-state index in [-0.39, 0.29) is 5.91 Å². The summed E-state index contributed by atoms with van der Waals surface area (Å²) in [6.07, 6.45) is 5.13. The Balaban J connectivity index is 0.000000771. The second-order valence-electron chi connectivity index (χ2n) is 5.44. The molecule has 1 spiro atoms. The van der Waals surface area contributed by atoms with Crippen molar-refractivity contribution in [2.24, 2.45) is 5.41 Å². The summed E-state index contributed by atoms with van der Waals surface area (Å²) < 4.78 is 0. The third-order valence-corrected chi connectivity index (χ3v) is 4.63. The van der Waals surface area contributed by atoms with Gasteiger partial charge in [0.2, 0.25) is 5.91 Å². The third-order valence-electron chi connectivity index (χ3n) is 4.63. The van der Waals surface area contributed by atoms with E-state index in [1.807, 2.05) is 18.7 Å². The molecule has 0 unspecified atom stereocenters. The van der Waals surface area contributed by atoms with Crippen molar-refractivity contribution >= 4 is 5.91 Å². The van der Waals surface area contributed by atoms with Gasteiger partial charge in [-0.1, -0.05) is 20.8 Å². The molecule has 0 aromatic heterocycles. The van der Waals surface area contributed by atoms with Gasteiger partial charge < -0.3 is 9.80 Å². The summed E-state index contributed by atoms with van der Waals surface area (Å²) in [5, 5.41) is 0. The fourth-order valence-electron chi connectivity index (χ4n) is 3.14. The molecular weight excluding hydrogens is 224 g/mol. The number of amides is 1. The van der Waals surface area contributed by atoms with Crippen LogP contribution in [-0.2, 0) is 4.79 Å². The molecule has 2 aliphatic heterocycles. The highest BCUT2D eigenvalue weighted by molar-refractivity contribution is 5.73. The zero-order valence-corrected chi connectivity index (χ0v) is 12.7. The maximum absolute atomic E-state index is 11.3. The molecule has 1 amide bonds. The minimum atomic E-state index is 0.251. The van der Waals surface area contributed by atoms with Gasteiger partial charge in [-0.15, -0.1) is 0 Å². The molecule has 3 heteroatoms. The summed E-state index contributed by atoms with van der Waals surface area (Å²) in [5.74, 6) is 0.251. The molecule has 18 heavy (non-hydrogen) atoms. The second kappa shape index (κ2) is 7.13. The summed E-state index contributed by atoms with van der Waals surface area (Å²) in [7, 11) is 0. The molecule has 0 bridgehead atoms. The van der Waals surface area contributed by atoms with Gasteiger partial charge in [0.25, 0.3) is 0 Å². The molecule has 0 aromatic carbocycles. The first-order valence-corrected chi connectivity index (χ1v) is 7.63. The lowest BCUT2D eigenvalue weighted by Crippen LogP contribution is -2.47. The van der Waals surface area contributed by atoms with Crippen molar-refractivity contribution in [3.05, 3.63) is 0 Å². The van der Waals surface area contributed by atoms with Crippen molar-refractivity contribution in [2.75, 3.05) is 32.7 Å². The highest BCUT2D eigenvalue weighted by atomic mass is 16.2. The van der Waals surface area contributed by atoms with Crippen molar-refractivity contribution in [2.45, 2.75) is 53.4 Å². The minimum absolute atomic E-state index is 0.251. The van der Waals surface area contributed by atoms with Crippen molar-refractivity contribution in [1.82, 2.24) is 9.80 Å². The first-order chi connectivity index (χ1) is 8.65. The number of nitrogens with zero attached hydrogens (tertiary/aromatic N) is 2. The van der Waals surface area contributed by atoms with Crippen molar-refractivity contribution < 1.29 is 4.79 Å². The summed E-state index contributed by atoms with van der Waals surface area (Å²) >= 11 is 0. The number of hydrogen-bond donors (Lipinski definition) is 0. The van der Waals surface area contributed by atoms with Crippen LogP contribution < -0.4 is 0 Å². The van der Waals surface area contributed by atoms with Gasteiger partial charge >= 0.3 is 0 Å². The topological polar surface area (TPSA) is 23.6 Å². The Kier molecular flexibility index (Phi) is 6.13. The first-order valence-electron chi connectivity index (χ1n) is 7.63. The van der Waals surface area contributed by atoms with E-state index in [1.54, 1.807) is 6.92 Å². The summed E-state index contributed by atoms with van der Waals surface area (Å²) in [5.41, 5.74) is 0.567. The molecule has 3 nitrogen and oxygen atoms in total. The van der Waals surface area contributed by atoms with Crippen LogP contribution in [0, 0.1) is 5.41 Å². The fourth-order valence-corrected chi connectivity index (χ4v) is 3.14. The van der Waals surface area contributed by atoms with Crippen molar-refractivity contribution in [3.8, 4) is 0 Å². The molecule has 2 saturated heterocycles. The standard InChI is InChI=1S/C13H24N2O.C2H6/c1-3-14-8-4-13(5-9-14)6-10-15(11-7-13)12(2)16;1-2/h3-11H2,1-2H3;1-2H3. The number of carbonyl (C=O) groups excluding carboxylic acids is 1. The van der Waals surface area contributed by atoms with Crippen LogP contribution >= 0.6 is 0 Å². The van der Waals surface area contributed by atoms with E-state index >= 15 is 0 Å². The van der Waals surface area contributed by atoms with Gasteiger partial charge in [0.1, 0.15) is 0 Å². The molecule has 0 aromatic rings. The number of carbonyl (C=O) groups is 1. The Bertz CT molecular complexity index is 247. The van der Waals surface area contributed by atoms with Crippen molar-refractivity contribution in [1.29, 1.82) is 0 Å². The predicted molar refractivity (Wildman–Crippen MR) is 76.6 cm³/mol. The van der Waals surface area contributed by atoms with Crippen LogP contribution in [-0.4, -0.2) is 48.4 Å². The van der Waals surface area contributed by atoms with Gasteiger partial charge in [0, 0.05) is 20.0 Å². The fraction of sp³-hybridized carbons (Fsp3) is 0.933. The Morgan fingerprint density at radius 3 is 1.83 bits per heavy atom. The van der Waals surface area contributed by atoms with Crippen molar-refractivity contribution in [3.63, 3.8) is 0 Å². The molecule has 2 heterocycles. The predicted octanol–water partition coefficient (Wildman–Crippen LogP) is 2.76. The Morgan fingerprint density at radius 2 is 1.44 bits per heavy atom. The molecule has 106 valence electrons. The summed E-state index contributed by atoms with van der Waals surface area (Å²) in [6, 6.07) is 0. The smallest absolute Gasteiger partial charge is 0.219 e. The molecule has 2 rings (SSSR count). The minimum Gasteiger partial charge on any atom is -0.343 e. The van der Waals surface area contributed by atoms with E-state index in [4.69, 9.17) is 0 Å². The number of piperidine rings is 2. The third kappa shape index (κ3) is 3.71. The first kappa shape index (κ1) is 15.5. The summed E-state index contributed by atoms with van der Waals surface area (Å²) in [4.78, 5) is 15.8.